The minimum atomic E-state index is 0.150. The van der Waals surface area contributed by atoms with Crippen molar-refractivity contribution in [1.82, 2.24) is 0 Å². The second kappa shape index (κ2) is 5.66. The summed E-state index contributed by atoms with van der Waals surface area (Å²) in [6.45, 7) is 1.79. The van der Waals surface area contributed by atoms with E-state index >= 15 is 0 Å². The Labute approximate surface area is 101 Å². The van der Waals surface area contributed by atoms with Crippen LogP contribution in [0.2, 0.25) is 0 Å². The molecule has 2 N–H and O–H groups in total. The Balaban J connectivity index is 1.88. The monoisotopic (exact) mass is 241 g/mol. The molecule has 4 heteroatoms. The van der Waals surface area contributed by atoms with E-state index in [-0.39, 0.29) is 6.04 Å². The van der Waals surface area contributed by atoms with Crippen LogP contribution in [0.3, 0.4) is 0 Å². The Kier molecular flexibility index (Phi) is 4.21. The normalized spacial score (nSPS) is 19.6. The zero-order valence-electron chi connectivity index (χ0n) is 9.65. The summed E-state index contributed by atoms with van der Waals surface area (Å²) in [5, 5.41) is 2.01. The van der Waals surface area contributed by atoms with Crippen molar-refractivity contribution in [3.8, 4) is 5.75 Å². The maximum absolute atomic E-state index is 6.21. The highest BCUT2D eigenvalue weighted by atomic mass is 32.1. The van der Waals surface area contributed by atoms with E-state index in [4.69, 9.17) is 15.2 Å². The molecule has 1 unspecified atom stereocenters. The second-order valence-electron chi connectivity index (χ2n) is 4.29. The SMILES string of the molecule is COc1csc(C(N)CC2CCOCC2)c1. The van der Waals surface area contributed by atoms with E-state index in [1.807, 2.05) is 5.38 Å². The number of hydrogen-bond donors (Lipinski definition) is 1. The highest BCUT2D eigenvalue weighted by molar-refractivity contribution is 7.10. The van der Waals surface area contributed by atoms with Crippen molar-refractivity contribution >= 4 is 11.3 Å². The molecule has 1 fully saturated rings. The van der Waals surface area contributed by atoms with E-state index in [0.717, 1.165) is 44.1 Å². The van der Waals surface area contributed by atoms with Crippen LogP contribution in [0.15, 0.2) is 11.4 Å². The van der Waals surface area contributed by atoms with Gasteiger partial charge in [0.2, 0.25) is 0 Å². The fourth-order valence-electron chi connectivity index (χ4n) is 2.09. The summed E-state index contributed by atoms with van der Waals surface area (Å²) in [7, 11) is 1.69. The standard InChI is InChI=1S/C12H19NO2S/c1-14-10-7-12(16-8-10)11(13)6-9-2-4-15-5-3-9/h7-9,11H,2-6,13H2,1H3. The van der Waals surface area contributed by atoms with Gasteiger partial charge in [0, 0.05) is 29.5 Å². The molecule has 2 heterocycles. The number of ether oxygens (including phenoxy) is 2. The molecule has 1 saturated heterocycles. The van der Waals surface area contributed by atoms with Crippen LogP contribution >= 0.6 is 11.3 Å². The van der Waals surface area contributed by atoms with E-state index in [1.54, 1.807) is 18.4 Å². The van der Waals surface area contributed by atoms with Gasteiger partial charge in [0.15, 0.2) is 0 Å². The van der Waals surface area contributed by atoms with Gasteiger partial charge in [-0.25, -0.2) is 0 Å². The van der Waals surface area contributed by atoms with Crippen LogP contribution in [0.1, 0.15) is 30.2 Å². The Morgan fingerprint density at radius 1 is 1.56 bits per heavy atom. The smallest absolute Gasteiger partial charge is 0.129 e. The van der Waals surface area contributed by atoms with Crippen LogP contribution < -0.4 is 10.5 Å². The molecule has 90 valence electrons. The average molecular weight is 241 g/mol. The van der Waals surface area contributed by atoms with Crippen molar-refractivity contribution in [1.29, 1.82) is 0 Å². The highest BCUT2D eigenvalue weighted by Crippen LogP contribution is 2.31. The van der Waals surface area contributed by atoms with Crippen LogP contribution in [0.25, 0.3) is 0 Å². The van der Waals surface area contributed by atoms with Crippen molar-refractivity contribution in [2.45, 2.75) is 25.3 Å². The Morgan fingerprint density at radius 2 is 2.31 bits per heavy atom. The van der Waals surface area contributed by atoms with E-state index in [1.165, 1.54) is 4.88 Å². The first kappa shape index (κ1) is 11.9. The third-order valence-corrected chi connectivity index (χ3v) is 4.17. The zero-order chi connectivity index (χ0) is 11.4. The third kappa shape index (κ3) is 2.97. The van der Waals surface area contributed by atoms with Crippen LogP contribution in [0.4, 0.5) is 0 Å². The van der Waals surface area contributed by atoms with E-state index < -0.39 is 0 Å². The number of rotatable bonds is 4. The third-order valence-electron chi connectivity index (χ3n) is 3.12. The average Bonchev–Trinajstić information content (AvgIpc) is 2.79. The molecule has 16 heavy (non-hydrogen) atoms. The predicted molar refractivity (Wildman–Crippen MR) is 66.0 cm³/mol. The van der Waals surface area contributed by atoms with Gasteiger partial charge in [0.1, 0.15) is 5.75 Å². The molecule has 0 amide bonds. The summed E-state index contributed by atoms with van der Waals surface area (Å²) in [6.07, 6.45) is 3.36. The first-order valence-corrected chi connectivity index (χ1v) is 6.63. The zero-order valence-corrected chi connectivity index (χ0v) is 10.5. The Bertz CT molecular complexity index is 321. The first-order valence-electron chi connectivity index (χ1n) is 5.75. The molecule has 0 saturated carbocycles. The van der Waals surface area contributed by atoms with E-state index in [0.29, 0.717) is 0 Å². The molecule has 1 atom stereocenters. The molecule has 1 aliphatic rings. The summed E-state index contributed by atoms with van der Waals surface area (Å²) >= 11 is 1.69. The van der Waals surface area contributed by atoms with Gasteiger partial charge >= 0.3 is 0 Å². The number of thiophene rings is 1. The quantitative estimate of drug-likeness (QED) is 0.881. The van der Waals surface area contributed by atoms with Crippen LogP contribution in [-0.4, -0.2) is 20.3 Å². The van der Waals surface area contributed by atoms with Crippen molar-refractivity contribution in [2.75, 3.05) is 20.3 Å². The molecule has 0 aromatic carbocycles. The van der Waals surface area contributed by atoms with Crippen molar-refractivity contribution in [3.05, 3.63) is 16.3 Å². The Hall–Kier alpha value is -0.580. The molecule has 0 radical (unpaired) electrons. The Morgan fingerprint density at radius 3 is 2.94 bits per heavy atom. The van der Waals surface area contributed by atoms with Gasteiger partial charge in [-0.15, -0.1) is 11.3 Å². The maximum atomic E-state index is 6.21. The lowest BCUT2D eigenvalue weighted by molar-refractivity contribution is 0.0619. The summed E-state index contributed by atoms with van der Waals surface area (Å²) in [4.78, 5) is 1.23. The fourth-order valence-corrected chi connectivity index (χ4v) is 2.96. The first-order chi connectivity index (χ1) is 7.79. The van der Waals surface area contributed by atoms with Gasteiger partial charge < -0.3 is 15.2 Å². The lowest BCUT2D eigenvalue weighted by atomic mass is 9.92. The molecule has 1 aliphatic heterocycles. The minimum absolute atomic E-state index is 0.150. The van der Waals surface area contributed by atoms with Gasteiger partial charge in [0.05, 0.1) is 7.11 Å². The number of hydrogen-bond acceptors (Lipinski definition) is 4. The van der Waals surface area contributed by atoms with Crippen LogP contribution in [-0.2, 0) is 4.74 Å². The highest BCUT2D eigenvalue weighted by Gasteiger charge is 2.19. The number of methoxy groups -OCH3 is 1. The van der Waals surface area contributed by atoms with Crippen LogP contribution in [0.5, 0.6) is 5.75 Å². The topological polar surface area (TPSA) is 44.5 Å². The second-order valence-corrected chi connectivity index (χ2v) is 5.23. The molecule has 1 aromatic heterocycles. The van der Waals surface area contributed by atoms with Gasteiger partial charge in [-0.2, -0.15) is 0 Å². The summed E-state index contributed by atoms with van der Waals surface area (Å²) in [6, 6.07) is 2.20. The molecule has 0 spiro atoms. The molecule has 0 bridgehead atoms. The molecule has 1 aromatic rings. The fraction of sp³-hybridized carbons (Fsp3) is 0.667. The summed E-state index contributed by atoms with van der Waals surface area (Å²) in [5.41, 5.74) is 6.21. The van der Waals surface area contributed by atoms with Gasteiger partial charge in [0.25, 0.3) is 0 Å². The van der Waals surface area contributed by atoms with Gasteiger partial charge in [-0.05, 0) is 31.2 Å². The summed E-state index contributed by atoms with van der Waals surface area (Å²) in [5.74, 6) is 1.64. The van der Waals surface area contributed by atoms with Crippen molar-refractivity contribution < 1.29 is 9.47 Å². The lowest BCUT2D eigenvalue weighted by Crippen LogP contribution is -2.21. The van der Waals surface area contributed by atoms with Crippen LogP contribution in [0, 0.1) is 5.92 Å². The molecular weight excluding hydrogens is 222 g/mol. The van der Waals surface area contributed by atoms with Gasteiger partial charge in [-0.1, -0.05) is 0 Å². The molecule has 3 nitrogen and oxygen atoms in total. The van der Waals surface area contributed by atoms with E-state index in [9.17, 15) is 0 Å². The van der Waals surface area contributed by atoms with Crippen molar-refractivity contribution in [3.63, 3.8) is 0 Å². The number of nitrogens with two attached hydrogens (primary N) is 1. The predicted octanol–water partition coefficient (Wildman–Crippen LogP) is 2.57. The molecule has 2 rings (SSSR count). The lowest BCUT2D eigenvalue weighted by Gasteiger charge is -2.24. The van der Waals surface area contributed by atoms with E-state index in [2.05, 4.69) is 6.07 Å². The van der Waals surface area contributed by atoms with Gasteiger partial charge in [-0.3, -0.25) is 0 Å². The largest absolute Gasteiger partial charge is 0.496 e. The summed E-state index contributed by atoms with van der Waals surface area (Å²) < 4.78 is 10.5. The minimum Gasteiger partial charge on any atom is -0.496 e. The maximum Gasteiger partial charge on any atom is 0.129 e. The molecule has 0 aliphatic carbocycles. The molecular formula is C12H19NO2S. The van der Waals surface area contributed by atoms with Crippen molar-refractivity contribution in [2.24, 2.45) is 11.7 Å².